The third-order valence-corrected chi connectivity index (χ3v) is 0.871. The van der Waals surface area contributed by atoms with E-state index < -0.39 is 8.25 Å². The van der Waals surface area contributed by atoms with Crippen LogP contribution in [0.5, 0.6) is 0 Å². The first-order chi connectivity index (χ1) is 5.04. The molecule has 0 aromatic carbocycles. The maximum atomic E-state index is 9.82. The predicted molar refractivity (Wildman–Crippen MR) is 40.5 cm³/mol. The molecule has 0 aromatic rings. The molecule has 1 N–H and O–H groups in total. The van der Waals surface area contributed by atoms with Gasteiger partial charge in [-0.25, -0.2) is 0 Å². The van der Waals surface area contributed by atoms with Crippen molar-refractivity contribution in [3.05, 3.63) is 0 Å². The highest BCUT2D eigenvalue weighted by molar-refractivity contribution is 7.32. The first-order valence-corrected chi connectivity index (χ1v) is 4.21. The molecule has 0 aliphatic rings. The summed E-state index contributed by atoms with van der Waals surface area (Å²) in [5, 5.41) is 0. The van der Waals surface area contributed by atoms with Crippen LogP contribution in [0.4, 0.5) is 0 Å². The van der Waals surface area contributed by atoms with Gasteiger partial charge in [0.1, 0.15) is 0 Å². The highest BCUT2D eigenvalue weighted by atomic mass is 31.1. The van der Waals surface area contributed by atoms with Gasteiger partial charge in [0.15, 0.2) is 0 Å². The second kappa shape index (κ2) is 9.62. The summed E-state index contributed by atoms with van der Waals surface area (Å²) in [5.74, 6) is -0.211. The lowest BCUT2D eigenvalue weighted by molar-refractivity contribution is -0.140. The molecule has 11 heavy (non-hydrogen) atoms. The lowest BCUT2D eigenvalue weighted by Crippen LogP contribution is -1.95. The third-order valence-electron chi connectivity index (χ3n) is 0.522. The Morgan fingerprint density at radius 1 is 1.64 bits per heavy atom. The normalized spacial score (nSPS) is 10.9. The van der Waals surface area contributed by atoms with Crippen LogP contribution in [0, 0.1) is 0 Å². The van der Waals surface area contributed by atoms with Gasteiger partial charge < -0.3 is 14.2 Å². The summed E-state index contributed by atoms with van der Waals surface area (Å²) >= 11 is 0. The maximum Gasteiger partial charge on any atom is 0.316 e. The number of rotatable bonds is 2. The van der Waals surface area contributed by atoms with Crippen molar-refractivity contribution in [3.8, 4) is 0 Å². The summed E-state index contributed by atoms with van der Waals surface area (Å²) in [5.41, 5.74) is 0. The van der Waals surface area contributed by atoms with E-state index in [0.29, 0.717) is 6.61 Å². The molecule has 0 saturated heterocycles. The van der Waals surface area contributed by atoms with Crippen LogP contribution in [0.1, 0.15) is 13.8 Å². The van der Waals surface area contributed by atoms with E-state index in [1.54, 1.807) is 6.92 Å². The van der Waals surface area contributed by atoms with Gasteiger partial charge in [-0.3, -0.25) is 9.36 Å². The monoisotopic (exact) mass is 184 g/mol. The lowest BCUT2D eigenvalue weighted by atomic mass is 10.8. The minimum absolute atomic E-state index is 0.211. The topological polar surface area (TPSA) is 72.8 Å². The SMILES string of the molecule is CCOC(C)=O.CO[PH](=O)O. The van der Waals surface area contributed by atoms with Gasteiger partial charge in [0.05, 0.1) is 6.61 Å². The minimum Gasteiger partial charge on any atom is -0.466 e. The molecule has 0 aliphatic heterocycles. The zero-order valence-electron chi connectivity index (χ0n) is 6.79. The average molecular weight is 184 g/mol. The van der Waals surface area contributed by atoms with E-state index in [-0.39, 0.29) is 5.97 Å². The van der Waals surface area contributed by atoms with Crippen molar-refractivity contribution in [1.29, 1.82) is 0 Å². The Hall–Kier alpha value is -0.380. The van der Waals surface area contributed by atoms with Crippen LogP contribution in [0.2, 0.25) is 0 Å². The molecule has 0 fully saturated rings. The predicted octanol–water partition coefficient (Wildman–Crippen LogP) is 0.584. The maximum absolute atomic E-state index is 9.82. The van der Waals surface area contributed by atoms with E-state index >= 15 is 0 Å². The summed E-state index contributed by atoms with van der Waals surface area (Å²) in [4.78, 5) is 17.5. The lowest BCUT2D eigenvalue weighted by Gasteiger charge is -1.89. The van der Waals surface area contributed by atoms with Crippen LogP contribution in [0.25, 0.3) is 0 Å². The van der Waals surface area contributed by atoms with Gasteiger partial charge in [0.2, 0.25) is 0 Å². The van der Waals surface area contributed by atoms with Crippen LogP contribution in [0.3, 0.4) is 0 Å². The number of carbonyl (C=O) groups excluding carboxylic acids is 1. The van der Waals surface area contributed by atoms with Crippen molar-refractivity contribution < 1.29 is 23.5 Å². The summed E-state index contributed by atoms with van der Waals surface area (Å²) in [6.07, 6.45) is 0. The van der Waals surface area contributed by atoms with E-state index in [9.17, 15) is 9.36 Å². The van der Waals surface area contributed by atoms with Gasteiger partial charge >= 0.3 is 14.2 Å². The van der Waals surface area contributed by atoms with Gasteiger partial charge in [-0.05, 0) is 6.92 Å². The van der Waals surface area contributed by atoms with Gasteiger partial charge in [-0.1, -0.05) is 0 Å². The molecule has 1 atom stereocenters. The van der Waals surface area contributed by atoms with E-state index in [4.69, 9.17) is 4.89 Å². The van der Waals surface area contributed by atoms with Crippen LogP contribution >= 0.6 is 8.25 Å². The summed E-state index contributed by atoms with van der Waals surface area (Å²) in [7, 11) is -1.44. The summed E-state index contributed by atoms with van der Waals surface area (Å²) < 4.78 is 17.6. The van der Waals surface area contributed by atoms with E-state index in [1.165, 1.54) is 14.0 Å². The number of hydrogen-bond donors (Lipinski definition) is 1. The second-order valence-electron chi connectivity index (χ2n) is 1.39. The fourth-order valence-electron chi connectivity index (χ4n) is 0.203. The molecule has 0 radical (unpaired) electrons. The Balaban J connectivity index is 0. The second-order valence-corrected chi connectivity index (χ2v) is 2.33. The van der Waals surface area contributed by atoms with Crippen LogP contribution in [0.15, 0.2) is 0 Å². The van der Waals surface area contributed by atoms with Crippen molar-refractivity contribution >= 4 is 14.2 Å². The molecule has 0 aromatic heterocycles. The molecule has 1 unspecified atom stereocenters. The zero-order chi connectivity index (χ0) is 9.28. The zero-order valence-corrected chi connectivity index (χ0v) is 7.79. The number of ether oxygens (including phenoxy) is 1. The van der Waals surface area contributed by atoms with Gasteiger partial charge in [-0.2, -0.15) is 0 Å². The number of carbonyl (C=O) groups is 1. The molecule has 0 bridgehead atoms. The molecule has 0 saturated carbocycles. The largest absolute Gasteiger partial charge is 0.466 e. The van der Waals surface area contributed by atoms with Crippen LogP contribution in [-0.4, -0.2) is 24.6 Å². The standard InChI is InChI=1S/C4H8O2.CH5O3P/c1-3-6-4(2)5;1-4-5(2)3/h3H2,1-2H3;5H,1H3,(H,2,3). The molecule has 0 heterocycles. The molecule has 0 aliphatic carbocycles. The fraction of sp³-hybridized carbons (Fsp3) is 0.800. The van der Waals surface area contributed by atoms with E-state index in [0.717, 1.165) is 0 Å². The van der Waals surface area contributed by atoms with E-state index in [2.05, 4.69) is 9.26 Å². The fourth-order valence-corrected chi connectivity index (χ4v) is 0.203. The van der Waals surface area contributed by atoms with Crippen molar-refractivity contribution in [2.75, 3.05) is 13.7 Å². The summed E-state index contributed by atoms with van der Waals surface area (Å²) in [6, 6.07) is 0. The first kappa shape index (κ1) is 13.2. The van der Waals surface area contributed by atoms with Crippen molar-refractivity contribution in [2.45, 2.75) is 13.8 Å². The van der Waals surface area contributed by atoms with Crippen LogP contribution in [-0.2, 0) is 18.6 Å². The molecule has 5 nitrogen and oxygen atoms in total. The smallest absolute Gasteiger partial charge is 0.316 e. The Labute approximate surface area is 66.3 Å². The third kappa shape index (κ3) is 26.2. The Morgan fingerprint density at radius 2 is 2.00 bits per heavy atom. The van der Waals surface area contributed by atoms with Crippen molar-refractivity contribution in [2.24, 2.45) is 0 Å². The molecule has 68 valence electrons. The molecular formula is C5H13O5P. The molecular weight excluding hydrogens is 171 g/mol. The van der Waals surface area contributed by atoms with Crippen LogP contribution < -0.4 is 0 Å². The molecule has 6 heteroatoms. The Kier molecular flexibility index (Phi) is 11.6. The first-order valence-electron chi connectivity index (χ1n) is 2.94. The van der Waals surface area contributed by atoms with Crippen molar-refractivity contribution in [3.63, 3.8) is 0 Å². The summed E-state index contributed by atoms with van der Waals surface area (Å²) in [6.45, 7) is 3.65. The molecule has 0 rings (SSSR count). The number of hydrogen-bond acceptors (Lipinski definition) is 4. The highest BCUT2D eigenvalue weighted by Gasteiger charge is 1.81. The van der Waals surface area contributed by atoms with Crippen molar-refractivity contribution in [1.82, 2.24) is 0 Å². The number of esters is 1. The molecule has 0 amide bonds. The Morgan fingerprint density at radius 3 is 2.00 bits per heavy atom. The minimum atomic E-state index is -2.62. The van der Waals surface area contributed by atoms with Gasteiger partial charge in [0.25, 0.3) is 0 Å². The molecule has 0 spiro atoms. The van der Waals surface area contributed by atoms with Gasteiger partial charge in [-0.15, -0.1) is 0 Å². The highest BCUT2D eigenvalue weighted by Crippen LogP contribution is 2.09. The van der Waals surface area contributed by atoms with E-state index in [1.807, 2.05) is 0 Å². The quantitative estimate of drug-likeness (QED) is 0.502. The van der Waals surface area contributed by atoms with Gasteiger partial charge in [0, 0.05) is 14.0 Å². The average Bonchev–Trinajstić information content (AvgIpc) is 1.89. The Bertz CT molecular complexity index is 124.